The Morgan fingerprint density at radius 3 is 2.53 bits per heavy atom. The van der Waals surface area contributed by atoms with Crippen molar-refractivity contribution >= 4 is 23.6 Å². The first-order chi connectivity index (χ1) is 14.2. The zero-order chi connectivity index (χ0) is 21.9. The van der Waals surface area contributed by atoms with E-state index in [1.165, 1.54) is 0 Å². The fourth-order valence-electron chi connectivity index (χ4n) is 4.01. The molecule has 0 spiro atoms. The lowest BCUT2D eigenvalue weighted by Crippen LogP contribution is -2.46. The summed E-state index contributed by atoms with van der Waals surface area (Å²) < 4.78 is 5.50. The van der Waals surface area contributed by atoms with Gasteiger partial charge < -0.3 is 19.6 Å². The van der Waals surface area contributed by atoms with E-state index in [1.54, 1.807) is 4.90 Å². The number of carbonyl (C=O) groups is 3. The number of imide groups is 1. The second-order valence-electron chi connectivity index (χ2n) is 8.88. The Labute approximate surface area is 177 Å². The Morgan fingerprint density at radius 2 is 1.93 bits per heavy atom. The lowest BCUT2D eigenvalue weighted by Gasteiger charge is -2.31. The number of ether oxygens (including phenoxy) is 1. The van der Waals surface area contributed by atoms with Crippen LogP contribution in [0.2, 0.25) is 0 Å². The molecule has 0 radical (unpaired) electrons. The van der Waals surface area contributed by atoms with Crippen LogP contribution < -0.4 is 10.2 Å². The number of hydrogen-bond donors (Lipinski definition) is 2. The van der Waals surface area contributed by atoms with E-state index in [0.717, 1.165) is 24.2 Å². The van der Waals surface area contributed by atoms with Gasteiger partial charge in [0, 0.05) is 31.7 Å². The van der Waals surface area contributed by atoms with Gasteiger partial charge in [0.25, 0.3) is 0 Å². The van der Waals surface area contributed by atoms with Crippen LogP contribution in [0.1, 0.15) is 51.5 Å². The van der Waals surface area contributed by atoms with Gasteiger partial charge in [-0.15, -0.1) is 0 Å². The van der Waals surface area contributed by atoms with Crippen LogP contribution in [0.4, 0.5) is 10.5 Å². The third kappa shape index (κ3) is 5.30. The standard InChI is InChI=1S/C22H31N3O5/c1-22(2,3)30-21(29)25(12-13-26)17-10-11-24(14-17)16-6-4-15(5-7-16)18-8-9-19(27)23-20(18)28/h4-7,17-18,26H,8-14H2,1-3H3,(H,23,27,28)/t17-,18?/m1/s1. The zero-order valence-electron chi connectivity index (χ0n) is 17.9. The first-order valence-corrected chi connectivity index (χ1v) is 10.5. The molecule has 2 fully saturated rings. The molecule has 2 heterocycles. The Balaban J connectivity index is 1.64. The summed E-state index contributed by atoms with van der Waals surface area (Å²) in [6.45, 7) is 7.04. The van der Waals surface area contributed by atoms with Crippen LogP contribution in [-0.2, 0) is 14.3 Å². The zero-order valence-corrected chi connectivity index (χ0v) is 17.9. The fraction of sp³-hybridized carbons (Fsp3) is 0.591. The molecule has 1 aromatic rings. The highest BCUT2D eigenvalue weighted by molar-refractivity contribution is 6.00. The van der Waals surface area contributed by atoms with E-state index in [4.69, 9.17) is 4.74 Å². The van der Waals surface area contributed by atoms with Gasteiger partial charge in [0.2, 0.25) is 11.8 Å². The van der Waals surface area contributed by atoms with Crippen LogP contribution >= 0.6 is 0 Å². The topological polar surface area (TPSA) is 99.2 Å². The largest absolute Gasteiger partial charge is 0.444 e. The smallest absolute Gasteiger partial charge is 0.410 e. The lowest BCUT2D eigenvalue weighted by atomic mass is 9.90. The molecule has 0 saturated carbocycles. The van der Waals surface area contributed by atoms with Crippen molar-refractivity contribution in [3.63, 3.8) is 0 Å². The SMILES string of the molecule is CC(C)(C)OC(=O)N(CCO)[C@@H]1CCN(c2ccc(C3CCC(=O)NC3=O)cc2)C1. The molecular formula is C22H31N3O5. The number of carbonyl (C=O) groups excluding carboxylic acids is 3. The molecular weight excluding hydrogens is 386 g/mol. The van der Waals surface area contributed by atoms with Crippen molar-refractivity contribution in [2.24, 2.45) is 0 Å². The molecule has 8 nitrogen and oxygen atoms in total. The number of rotatable bonds is 5. The molecule has 2 saturated heterocycles. The van der Waals surface area contributed by atoms with Gasteiger partial charge in [-0.3, -0.25) is 14.9 Å². The number of piperidine rings is 1. The molecule has 0 bridgehead atoms. The Kier molecular flexibility index (Phi) is 6.65. The van der Waals surface area contributed by atoms with E-state index >= 15 is 0 Å². The van der Waals surface area contributed by atoms with Gasteiger partial charge in [0.05, 0.1) is 18.6 Å². The molecule has 3 rings (SSSR count). The summed E-state index contributed by atoms with van der Waals surface area (Å²) in [5.41, 5.74) is 1.33. The number of aliphatic hydroxyl groups is 1. The van der Waals surface area contributed by atoms with Crippen LogP contribution in [-0.4, -0.2) is 65.8 Å². The van der Waals surface area contributed by atoms with Crippen LogP contribution in [0.15, 0.2) is 24.3 Å². The Hall–Kier alpha value is -2.61. The lowest BCUT2D eigenvalue weighted by molar-refractivity contribution is -0.134. The van der Waals surface area contributed by atoms with Gasteiger partial charge in [0.1, 0.15) is 5.60 Å². The van der Waals surface area contributed by atoms with Gasteiger partial charge in [-0.25, -0.2) is 4.79 Å². The monoisotopic (exact) mass is 417 g/mol. The van der Waals surface area contributed by atoms with Crippen LogP contribution in [0, 0.1) is 0 Å². The minimum Gasteiger partial charge on any atom is -0.444 e. The minimum atomic E-state index is -0.588. The van der Waals surface area contributed by atoms with E-state index in [-0.39, 0.29) is 36.9 Å². The molecule has 2 aliphatic heterocycles. The molecule has 1 aromatic carbocycles. The van der Waals surface area contributed by atoms with E-state index in [9.17, 15) is 19.5 Å². The highest BCUT2D eigenvalue weighted by atomic mass is 16.6. The maximum Gasteiger partial charge on any atom is 0.410 e. The predicted octanol–water partition coefficient (Wildman–Crippen LogP) is 2.01. The number of benzene rings is 1. The summed E-state index contributed by atoms with van der Waals surface area (Å²) in [6.07, 6.45) is 1.27. The van der Waals surface area contributed by atoms with Crippen LogP contribution in [0.5, 0.6) is 0 Å². The summed E-state index contributed by atoms with van der Waals surface area (Å²) in [6, 6.07) is 7.78. The van der Waals surface area contributed by atoms with E-state index in [1.807, 2.05) is 45.0 Å². The number of nitrogens with zero attached hydrogens (tertiary/aromatic N) is 2. The summed E-state index contributed by atoms with van der Waals surface area (Å²) in [5, 5.41) is 11.8. The number of nitrogens with one attached hydrogen (secondary N) is 1. The number of anilines is 1. The number of hydrogen-bond acceptors (Lipinski definition) is 6. The van der Waals surface area contributed by atoms with Crippen molar-refractivity contribution in [3.05, 3.63) is 29.8 Å². The number of aliphatic hydroxyl groups excluding tert-OH is 1. The van der Waals surface area contributed by atoms with Crippen molar-refractivity contribution in [1.29, 1.82) is 0 Å². The van der Waals surface area contributed by atoms with Crippen molar-refractivity contribution < 1.29 is 24.2 Å². The molecule has 2 aliphatic rings. The van der Waals surface area contributed by atoms with Crippen LogP contribution in [0.3, 0.4) is 0 Å². The maximum atomic E-state index is 12.6. The maximum absolute atomic E-state index is 12.6. The summed E-state index contributed by atoms with van der Waals surface area (Å²) >= 11 is 0. The molecule has 2 atom stereocenters. The van der Waals surface area contributed by atoms with E-state index in [0.29, 0.717) is 19.4 Å². The van der Waals surface area contributed by atoms with Gasteiger partial charge in [0.15, 0.2) is 0 Å². The van der Waals surface area contributed by atoms with Crippen molar-refractivity contribution in [2.75, 3.05) is 31.1 Å². The van der Waals surface area contributed by atoms with Crippen molar-refractivity contribution in [2.45, 2.75) is 57.6 Å². The summed E-state index contributed by atoms with van der Waals surface area (Å²) in [5.74, 6) is -0.749. The highest BCUT2D eigenvalue weighted by Crippen LogP contribution is 2.29. The average molecular weight is 418 g/mol. The van der Waals surface area contributed by atoms with Gasteiger partial charge in [-0.1, -0.05) is 12.1 Å². The van der Waals surface area contributed by atoms with Crippen molar-refractivity contribution in [3.8, 4) is 0 Å². The molecule has 2 N–H and O–H groups in total. The third-order valence-electron chi connectivity index (χ3n) is 5.47. The quantitative estimate of drug-likeness (QED) is 0.711. The number of amides is 3. The van der Waals surface area contributed by atoms with Gasteiger partial charge >= 0.3 is 6.09 Å². The van der Waals surface area contributed by atoms with E-state index < -0.39 is 11.7 Å². The fourth-order valence-corrected chi connectivity index (χ4v) is 4.01. The second-order valence-corrected chi connectivity index (χ2v) is 8.88. The average Bonchev–Trinajstić information content (AvgIpc) is 3.14. The first kappa shape index (κ1) is 22.1. The minimum absolute atomic E-state index is 0.0400. The predicted molar refractivity (Wildman–Crippen MR) is 112 cm³/mol. The van der Waals surface area contributed by atoms with Gasteiger partial charge in [-0.2, -0.15) is 0 Å². The first-order valence-electron chi connectivity index (χ1n) is 10.5. The summed E-state index contributed by atoms with van der Waals surface area (Å²) in [7, 11) is 0. The molecule has 1 unspecified atom stereocenters. The Morgan fingerprint density at radius 1 is 1.23 bits per heavy atom. The van der Waals surface area contributed by atoms with Crippen LogP contribution in [0.25, 0.3) is 0 Å². The second kappa shape index (κ2) is 9.04. The third-order valence-corrected chi connectivity index (χ3v) is 5.47. The van der Waals surface area contributed by atoms with Gasteiger partial charge in [-0.05, 0) is 51.3 Å². The molecule has 0 aromatic heterocycles. The van der Waals surface area contributed by atoms with Crippen molar-refractivity contribution in [1.82, 2.24) is 10.2 Å². The molecule has 8 heteroatoms. The normalized spacial score (nSPS) is 22.1. The molecule has 3 amide bonds. The highest BCUT2D eigenvalue weighted by Gasteiger charge is 2.33. The Bertz CT molecular complexity index is 787. The molecule has 0 aliphatic carbocycles. The van der Waals surface area contributed by atoms with E-state index in [2.05, 4.69) is 10.2 Å². The summed E-state index contributed by atoms with van der Waals surface area (Å²) in [4.78, 5) is 39.8. The molecule has 164 valence electrons. The molecule has 30 heavy (non-hydrogen) atoms.